The monoisotopic (exact) mass is 462 g/mol. The second kappa shape index (κ2) is 10.3. The number of nitrogens with two attached hydrogens (primary N) is 2. The van der Waals surface area contributed by atoms with Gasteiger partial charge in [0, 0.05) is 7.11 Å². The first-order valence-corrected chi connectivity index (χ1v) is 10.9. The molecule has 2 aromatic carbocycles. The number of benzene rings is 2. The van der Waals surface area contributed by atoms with Gasteiger partial charge in [-0.2, -0.15) is 15.2 Å². The molecule has 0 saturated carbocycles. The zero-order valence-electron chi connectivity index (χ0n) is 17.1. The van der Waals surface area contributed by atoms with Gasteiger partial charge in [-0.1, -0.05) is 18.2 Å². The van der Waals surface area contributed by atoms with Crippen LogP contribution in [0.4, 0.5) is 11.4 Å². The second-order valence-electron chi connectivity index (χ2n) is 6.37. The maximum absolute atomic E-state index is 12.8. The number of ether oxygens (including phenoxy) is 3. The van der Waals surface area contributed by atoms with Crippen molar-refractivity contribution >= 4 is 33.2 Å². The highest BCUT2D eigenvalue weighted by Crippen LogP contribution is 2.29. The second-order valence-corrected chi connectivity index (χ2v) is 7.90. The molecule has 12 nitrogen and oxygen atoms in total. The Morgan fingerprint density at radius 1 is 1.12 bits per heavy atom. The maximum Gasteiger partial charge on any atom is 0.283 e. The Morgan fingerprint density at radius 2 is 1.88 bits per heavy atom. The number of azo groups is 1. The van der Waals surface area contributed by atoms with Crippen LogP contribution in [0.1, 0.15) is 0 Å². The van der Waals surface area contributed by atoms with Crippen LogP contribution in [-0.2, 0) is 24.3 Å². The van der Waals surface area contributed by atoms with Crippen LogP contribution >= 0.6 is 0 Å². The van der Waals surface area contributed by atoms with Crippen LogP contribution in [0.3, 0.4) is 0 Å². The van der Waals surface area contributed by atoms with E-state index in [1.54, 1.807) is 30.3 Å². The van der Waals surface area contributed by atoms with Crippen molar-refractivity contribution in [1.82, 2.24) is 0 Å². The molecule has 1 aliphatic rings. The largest absolute Gasteiger partial charge is 0.490 e. The van der Waals surface area contributed by atoms with E-state index in [1.807, 2.05) is 0 Å². The Labute approximate surface area is 184 Å². The van der Waals surface area contributed by atoms with Crippen molar-refractivity contribution in [2.45, 2.75) is 10.9 Å². The molecule has 0 radical (unpaired) electrons. The third kappa shape index (κ3) is 5.45. The van der Waals surface area contributed by atoms with E-state index in [4.69, 9.17) is 25.1 Å². The molecular formula is C19H22N6O6S. The average Bonchev–Trinajstić information content (AvgIpc) is 3.08. The van der Waals surface area contributed by atoms with Crippen molar-refractivity contribution in [1.29, 1.82) is 0 Å². The molecule has 32 heavy (non-hydrogen) atoms. The molecule has 0 spiro atoms. The average molecular weight is 462 g/mol. The number of amides is 1. The first-order chi connectivity index (χ1) is 15.3. The van der Waals surface area contributed by atoms with Gasteiger partial charge in [0.1, 0.15) is 24.0 Å². The van der Waals surface area contributed by atoms with Crippen LogP contribution in [0.5, 0.6) is 5.75 Å². The van der Waals surface area contributed by atoms with Crippen molar-refractivity contribution in [2.75, 3.05) is 32.1 Å². The first kappa shape index (κ1) is 23.3. The first-order valence-electron chi connectivity index (χ1n) is 9.35. The van der Waals surface area contributed by atoms with Crippen LogP contribution < -0.4 is 20.6 Å². The lowest BCUT2D eigenvalue weighted by atomic mass is 10.2. The summed E-state index contributed by atoms with van der Waals surface area (Å²) in [7, 11) is -2.62. The van der Waals surface area contributed by atoms with E-state index in [0.717, 1.165) is 5.01 Å². The number of anilines is 1. The molecule has 1 unspecified atom stereocenters. The van der Waals surface area contributed by atoms with Gasteiger partial charge in [-0.05, 0) is 30.3 Å². The summed E-state index contributed by atoms with van der Waals surface area (Å²) in [4.78, 5) is 12.6. The Hall–Kier alpha value is -3.39. The summed E-state index contributed by atoms with van der Waals surface area (Å²) in [5.74, 6) is -0.490. The fourth-order valence-electron chi connectivity index (χ4n) is 2.73. The number of hydrogen-bond donors (Lipinski definition) is 2. The molecule has 3 rings (SSSR count). The van der Waals surface area contributed by atoms with E-state index < -0.39 is 22.0 Å². The minimum Gasteiger partial charge on any atom is -0.490 e. The summed E-state index contributed by atoms with van der Waals surface area (Å²) in [6.45, 7) is 0.169. The van der Waals surface area contributed by atoms with Gasteiger partial charge in [0.15, 0.2) is 0 Å². The van der Waals surface area contributed by atoms with Crippen LogP contribution in [0.25, 0.3) is 0 Å². The fourth-order valence-corrected chi connectivity index (χ4v) is 3.42. The molecule has 0 saturated heterocycles. The van der Waals surface area contributed by atoms with E-state index >= 15 is 0 Å². The molecule has 1 heterocycles. The Balaban J connectivity index is 1.87. The van der Waals surface area contributed by atoms with E-state index in [9.17, 15) is 13.2 Å². The zero-order chi connectivity index (χ0) is 23.1. The van der Waals surface area contributed by atoms with Crippen molar-refractivity contribution in [3.05, 3.63) is 48.5 Å². The number of primary sulfonamides is 1. The van der Waals surface area contributed by atoms with Crippen molar-refractivity contribution in [3.63, 3.8) is 0 Å². The standard InChI is InChI=1S/C19H22N6O6S/c1-29-9-10-30-15-8-7-13(11-16(15)32(21,27)28)22-23-17-18(31-12-20)24-25(19(17)26)14-5-3-2-4-6-14/h2-8,11,17H,9-10,12,20H2,1H3,(H2,21,27,28). The molecule has 0 aromatic heterocycles. The SMILES string of the molecule is COCCOc1ccc(N=NC2C(=O)N(c3ccccc3)N=C2OCN)cc1S(N)(=O)=O. The molecule has 1 atom stereocenters. The highest BCUT2D eigenvalue weighted by atomic mass is 32.2. The number of carbonyl (C=O) groups excluding carboxylic acids is 1. The molecule has 2 aromatic rings. The topological polar surface area (TPSA) is 171 Å². The summed E-state index contributed by atoms with van der Waals surface area (Å²) in [5.41, 5.74) is 6.08. The molecule has 4 N–H and O–H groups in total. The highest BCUT2D eigenvalue weighted by Gasteiger charge is 2.38. The Morgan fingerprint density at radius 3 is 2.53 bits per heavy atom. The highest BCUT2D eigenvalue weighted by molar-refractivity contribution is 7.89. The van der Waals surface area contributed by atoms with Gasteiger partial charge in [0.25, 0.3) is 5.91 Å². The molecule has 1 aliphatic heterocycles. The van der Waals surface area contributed by atoms with Gasteiger partial charge in [0.2, 0.25) is 22.0 Å². The number of carbonyl (C=O) groups is 1. The van der Waals surface area contributed by atoms with E-state index in [0.29, 0.717) is 5.69 Å². The van der Waals surface area contributed by atoms with Crippen molar-refractivity contribution < 1.29 is 27.4 Å². The molecule has 0 aliphatic carbocycles. The van der Waals surface area contributed by atoms with Gasteiger partial charge in [-0.25, -0.2) is 13.6 Å². The van der Waals surface area contributed by atoms with Gasteiger partial charge in [-0.3, -0.25) is 10.5 Å². The number of methoxy groups -OCH3 is 1. The molecule has 0 bridgehead atoms. The fraction of sp³-hybridized carbons (Fsp3) is 0.263. The summed E-state index contributed by atoms with van der Waals surface area (Å²) < 4.78 is 39.5. The summed E-state index contributed by atoms with van der Waals surface area (Å²) >= 11 is 0. The van der Waals surface area contributed by atoms with Crippen LogP contribution in [0.2, 0.25) is 0 Å². The van der Waals surface area contributed by atoms with Gasteiger partial charge < -0.3 is 14.2 Å². The smallest absolute Gasteiger partial charge is 0.283 e. The predicted molar refractivity (Wildman–Crippen MR) is 115 cm³/mol. The third-order valence-corrected chi connectivity index (χ3v) is 5.11. The normalized spacial score (nSPS) is 16.5. The lowest BCUT2D eigenvalue weighted by Gasteiger charge is -2.11. The summed E-state index contributed by atoms with van der Waals surface area (Å²) in [6.07, 6.45) is 0. The number of sulfonamides is 1. The third-order valence-electron chi connectivity index (χ3n) is 4.17. The number of hydrazone groups is 1. The number of para-hydroxylation sites is 1. The van der Waals surface area contributed by atoms with Gasteiger partial charge in [0.05, 0.1) is 18.0 Å². The lowest BCUT2D eigenvalue weighted by Crippen LogP contribution is -2.31. The molecular weight excluding hydrogens is 440 g/mol. The summed E-state index contributed by atoms with van der Waals surface area (Å²) in [6, 6.07) is 11.6. The van der Waals surface area contributed by atoms with E-state index in [-0.39, 0.29) is 42.2 Å². The van der Waals surface area contributed by atoms with Crippen LogP contribution in [0, 0.1) is 0 Å². The van der Waals surface area contributed by atoms with Crippen molar-refractivity contribution in [2.24, 2.45) is 26.2 Å². The minimum atomic E-state index is -4.11. The van der Waals surface area contributed by atoms with Gasteiger partial charge in [-0.15, -0.1) is 5.10 Å². The Bertz CT molecular complexity index is 1120. The van der Waals surface area contributed by atoms with Crippen LogP contribution in [0.15, 0.2) is 68.8 Å². The number of nitrogens with zero attached hydrogens (tertiary/aromatic N) is 4. The van der Waals surface area contributed by atoms with Gasteiger partial charge >= 0.3 is 0 Å². The Kier molecular flexibility index (Phi) is 7.48. The minimum absolute atomic E-state index is 0.0312. The summed E-state index contributed by atoms with van der Waals surface area (Å²) in [5, 5.41) is 18.5. The number of rotatable bonds is 9. The molecule has 170 valence electrons. The quantitative estimate of drug-likeness (QED) is 0.319. The van der Waals surface area contributed by atoms with E-state index in [1.165, 1.54) is 25.3 Å². The molecule has 1 amide bonds. The van der Waals surface area contributed by atoms with Crippen molar-refractivity contribution in [3.8, 4) is 5.75 Å². The van der Waals surface area contributed by atoms with Crippen LogP contribution in [-0.4, -0.2) is 53.3 Å². The van der Waals surface area contributed by atoms with E-state index in [2.05, 4.69) is 15.3 Å². The predicted octanol–water partition coefficient (Wildman–Crippen LogP) is 1.10. The number of hydrogen-bond acceptors (Lipinski definition) is 10. The maximum atomic E-state index is 12.8. The zero-order valence-corrected chi connectivity index (χ0v) is 17.9. The lowest BCUT2D eigenvalue weighted by molar-refractivity contribution is -0.118. The molecule has 13 heteroatoms. The molecule has 0 fully saturated rings.